The molecule has 0 radical (unpaired) electrons. The van der Waals surface area contributed by atoms with Gasteiger partial charge in [0.2, 0.25) is 5.88 Å². The van der Waals surface area contributed by atoms with Gasteiger partial charge in [0.1, 0.15) is 5.56 Å². The summed E-state index contributed by atoms with van der Waals surface area (Å²) in [6, 6.07) is 13.4. The van der Waals surface area contributed by atoms with Crippen molar-refractivity contribution in [3.8, 4) is 11.6 Å². The third-order valence-corrected chi connectivity index (χ3v) is 10.5. The summed E-state index contributed by atoms with van der Waals surface area (Å²) in [5.41, 5.74) is 0.534. The van der Waals surface area contributed by atoms with Crippen molar-refractivity contribution in [1.82, 2.24) is 9.55 Å². The summed E-state index contributed by atoms with van der Waals surface area (Å²) in [5.74, 6) is 1.51. The molecule has 4 aliphatic carbocycles. The minimum atomic E-state index is -3.60. The summed E-state index contributed by atoms with van der Waals surface area (Å²) in [6.45, 7) is -0.481. The molecule has 39 heavy (non-hydrogen) atoms. The summed E-state index contributed by atoms with van der Waals surface area (Å²) in [4.78, 5) is 31.7. The molecule has 0 amide bonds. The van der Waals surface area contributed by atoms with Crippen LogP contribution in [0.5, 0.6) is 5.88 Å². The normalized spacial score (nSPS) is 25.9. The molecule has 4 fully saturated rings. The first-order valence-corrected chi connectivity index (χ1v) is 15.0. The molecule has 0 saturated heterocycles. The molecule has 1 heterocycles. The molecule has 2 aromatic carbocycles. The van der Waals surface area contributed by atoms with Crippen molar-refractivity contribution >= 4 is 21.7 Å². The minimum Gasteiger partial charge on any atom is -0.493 e. The molecular formula is C29H31N3O6S. The molecule has 204 valence electrons. The van der Waals surface area contributed by atoms with E-state index in [1.807, 2.05) is 12.1 Å². The number of benzene rings is 2. The summed E-state index contributed by atoms with van der Waals surface area (Å²) in [6.07, 6.45) is 8.87. The Kier molecular flexibility index (Phi) is 6.34. The number of H-pyrrole nitrogens is 1. The van der Waals surface area contributed by atoms with Gasteiger partial charge in [-0.25, -0.2) is 17.8 Å². The molecule has 4 aliphatic rings. The molecule has 10 heteroatoms. The summed E-state index contributed by atoms with van der Waals surface area (Å²) in [5, 5.41) is 19.9. The van der Waals surface area contributed by atoms with Gasteiger partial charge >= 0.3 is 5.69 Å². The fourth-order valence-corrected chi connectivity index (χ4v) is 8.47. The van der Waals surface area contributed by atoms with Crippen molar-refractivity contribution in [3.05, 3.63) is 80.5 Å². The third-order valence-electron chi connectivity index (χ3n) is 8.80. The quantitative estimate of drug-likeness (QED) is 0.387. The van der Waals surface area contributed by atoms with E-state index in [0.29, 0.717) is 11.4 Å². The van der Waals surface area contributed by atoms with Crippen LogP contribution in [0.1, 0.15) is 49.7 Å². The number of sulfone groups is 1. The van der Waals surface area contributed by atoms with E-state index in [2.05, 4.69) is 22.1 Å². The molecule has 7 rings (SSSR count). The van der Waals surface area contributed by atoms with Gasteiger partial charge in [0, 0.05) is 6.21 Å². The number of aromatic hydroxyl groups is 1. The summed E-state index contributed by atoms with van der Waals surface area (Å²) in [7, 11) is -3.60. The smallest absolute Gasteiger partial charge is 0.335 e. The van der Waals surface area contributed by atoms with Crippen LogP contribution in [0.25, 0.3) is 5.69 Å². The van der Waals surface area contributed by atoms with Gasteiger partial charge < -0.3 is 10.2 Å². The second kappa shape index (κ2) is 9.60. The van der Waals surface area contributed by atoms with Crippen LogP contribution < -0.4 is 11.2 Å². The maximum atomic E-state index is 12.7. The first-order valence-electron chi connectivity index (χ1n) is 13.3. The van der Waals surface area contributed by atoms with Crippen molar-refractivity contribution in [2.45, 2.75) is 48.8 Å². The number of aliphatic hydroxyl groups is 1. The minimum absolute atomic E-state index is 0.0433. The number of hydrogen-bond donors (Lipinski definition) is 3. The van der Waals surface area contributed by atoms with Gasteiger partial charge in [-0.15, -0.1) is 0 Å². The fraction of sp³-hybridized carbons (Fsp3) is 0.414. The van der Waals surface area contributed by atoms with Crippen LogP contribution in [0.15, 0.2) is 68.0 Å². The Hall–Kier alpha value is -3.50. The molecule has 4 bridgehead atoms. The number of aliphatic imine (C=N–C) groups is 1. The van der Waals surface area contributed by atoms with E-state index >= 15 is 0 Å². The van der Waals surface area contributed by atoms with Crippen LogP contribution in [0.2, 0.25) is 0 Å². The van der Waals surface area contributed by atoms with Crippen molar-refractivity contribution in [3.63, 3.8) is 0 Å². The number of nitrogens with zero attached hydrogens (tertiary/aromatic N) is 2. The zero-order chi connectivity index (χ0) is 27.4. The van der Waals surface area contributed by atoms with Crippen LogP contribution in [-0.4, -0.2) is 46.8 Å². The van der Waals surface area contributed by atoms with Crippen LogP contribution in [0.3, 0.4) is 0 Å². The lowest BCUT2D eigenvalue weighted by Crippen LogP contribution is -2.48. The van der Waals surface area contributed by atoms with Crippen molar-refractivity contribution in [2.24, 2.45) is 22.7 Å². The summed E-state index contributed by atoms with van der Waals surface area (Å²) < 4.78 is 25.2. The highest BCUT2D eigenvalue weighted by atomic mass is 32.2. The predicted molar refractivity (Wildman–Crippen MR) is 147 cm³/mol. The zero-order valence-electron chi connectivity index (χ0n) is 21.4. The molecule has 0 unspecified atom stereocenters. The number of hydrogen-bond acceptors (Lipinski definition) is 7. The number of aromatic amines is 1. The Morgan fingerprint density at radius 2 is 1.54 bits per heavy atom. The zero-order valence-corrected chi connectivity index (χ0v) is 22.2. The molecule has 0 atom stereocenters. The van der Waals surface area contributed by atoms with E-state index in [1.165, 1.54) is 68.4 Å². The van der Waals surface area contributed by atoms with E-state index in [1.54, 1.807) is 0 Å². The van der Waals surface area contributed by atoms with Crippen molar-refractivity contribution < 1.29 is 18.6 Å². The molecule has 3 aromatic rings. The van der Waals surface area contributed by atoms with Crippen molar-refractivity contribution in [2.75, 3.05) is 12.4 Å². The predicted octanol–water partition coefficient (Wildman–Crippen LogP) is 3.22. The second-order valence-electron chi connectivity index (χ2n) is 11.4. The van der Waals surface area contributed by atoms with Crippen LogP contribution >= 0.6 is 0 Å². The molecule has 1 aromatic heterocycles. The monoisotopic (exact) mass is 549 g/mol. The van der Waals surface area contributed by atoms with Gasteiger partial charge in [-0.3, -0.25) is 14.8 Å². The fourth-order valence-electron chi connectivity index (χ4n) is 7.44. The van der Waals surface area contributed by atoms with E-state index in [9.17, 15) is 23.1 Å². The van der Waals surface area contributed by atoms with Gasteiger partial charge in [-0.05, 0) is 104 Å². The molecule has 0 aliphatic heterocycles. The van der Waals surface area contributed by atoms with Gasteiger partial charge in [0.25, 0.3) is 5.56 Å². The van der Waals surface area contributed by atoms with Gasteiger partial charge in [-0.1, -0.05) is 12.1 Å². The molecule has 4 saturated carbocycles. The first kappa shape index (κ1) is 25.8. The first-order chi connectivity index (χ1) is 18.7. The third kappa shape index (κ3) is 4.65. The van der Waals surface area contributed by atoms with Crippen LogP contribution in [0.4, 0.5) is 5.69 Å². The summed E-state index contributed by atoms with van der Waals surface area (Å²) >= 11 is 0. The lowest BCUT2D eigenvalue weighted by atomic mass is 9.48. The molecule has 3 N–H and O–H groups in total. The van der Waals surface area contributed by atoms with E-state index in [-0.39, 0.29) is 21.6 Å². The SMILES string of the molecule is O=c1[nH]c(=O)n(-c2ccc(C34CC5CC(CC(C5)C3)C4)cc2)c(O)c1C=Nc1ccc(S(=O)(=O)CCO)cc1. The lowest BCUT2D eigenvalue weighted by molar-refractivity contribution is -0.00518. The lowest BCUT2D eigenvalue weighted by Gasteiger charge is -2.57. The van der Waals surface area contributed by atoms with E-state index in [4.69, 9.17) is 5.11 Å². The second-order valence-corrected chi connectivity index (χ2v) is 13.5. The highest BCUT2D eigenvalue weighted by Crippen LogP contribution is 2.60. The number of rotatable bonds is 7. The van der Waals surface area contributed by atoms with Gasteiger partial charge in [0.15, 0.2) is 9.84 Å². The molecule has 0 spiro atoms. The van der Waals surface area contributed by atoms with Crippen LogP contribution in [-0.2, 0) is 15.3 Å². The van der Waals surface area contributed by atoms with Crippen molar-refractivity contribution in [1.29, 1.82) is 0 Å². The Balaban J connectivity index is 1.28. The Bertz CT molecular complexity index is 1620. The van der Waals surface area contributed by atoms with Gasteiger partial charge in [0.05, 0.1) is 28.6 Å². The molecular weight excluding hydrogens is 518 g/mol. The Labute approximate surface area is 225 Å². The van der Waals surface area contributed by atoms with Gasteiger partial charge in [-0.2, -0.15) is 0 Å². The number of aliphatic hydroxyl groups excluding tert-OH is 1. The maximum absolute atomic E-state index is 12.7. The Morgan fingerprint density at radius 3 is 2.10 bits per heavy atom. The highest BCUT2D eigenvalue weighted by molar-refractivity contribution is 7.91. The number of nitrogens with one attached hydrogen (secondary N) is 1. The average Bonchev–Trinajstić information content (AvgIpc) is 2.88. The van der Waals surface area contributed by atoms with E-state index in [0.717, 1.165) is 28.5 Å². The standard InChI is InChI=1S/C29H31N3O6S/c33-9-10-39(37,38)24-7-3-22(4-8-24)30-17-25-26(34)31-28(36)32(27(25)35)23-5-1-21(2-6-23)29-14-18-11-19(15-29)13-20(12-18)16-29/h1-8,17-20,33,35H,9-16H2,(H,31,34,36). The Morgan fingerprint density at radius 1 is 0.949 bits per heavy atom. The average molecular weight is 550 g/mol. The molecule has 9 nitrogen and oxygen atoms in total. The number of aromatic nitrogens is 2. The topological polar surface area (TPSA) is 142 Å². The largest absolute Gasteiger partial charge is 0.493 e. The van der Waals surface area contributed by atoms with Crippen LogP contribution in [0, 0.1) is 17.8 Å². The van der Waals surface area contributed by atoms with E-state index < -0.39 is 33.6 Å². The highest BCUT2D eigenvalue weighted by Gasteiger charge is 2.51. The maximum Gasteiger partial charge on any atom is 0.335 e.